The van der Waals surface area contributed by atoms with Crippen molar-refractivity contribution in [2.24, 2.45) is 5.73 Å². The van der Waals surface area contributed by atoms with Crippen molar-refractivity contribution in [3.63, 3.8) is 0 Å². The Hall–Kier alpha value is -3.02. The summed E-state index contributed by atoms with van der Waals surface area (Å²) in [6, 6.07) is 12.7. The summed E-state index contributed by atoms with van der Waals surface area (Å²) >= 11 is 0. The minimum atomic E-state index is -0.516. The number of likely N-dealkylation sites (tertiary alicyclic amines) is 1. The zero-order chi connectivity index (χ0) is 18.7. The van der Waals surface area contributed by atoms with Gasteiger partial charge in [0.15, 0.2) is 0 Å². The fourth-order valence-corrected chi connectivity index (χ4v) is 3.28. The van der Waals surface area contributed by atoms with E-state index in [2.05, 4.69) is 5.32 Å². The van der Waals surface area contributed by atoms with E-state index in [1.165, 1.54) is 0 Å². The monoisotopic (exact) mass is 353 g/mol. The van der Waals surface area contributed by atoms with Crippen LogP contribution >= 0.6 is 0 Å². The Morgan fingerprint density at radius 3 is 2.58 bits per heavy atom. The van der Waals surface area contributed by atoms with Crippen LogP contribution in [-0.2, 0) is 0 Å². The van der Waals surface area contributed by atoms with Gasteiger partial charge in [-0.2, -0.15) is 0 Å². The van der Waals surface area contributed by atoms with Gasteiger partial charge in [0.05, 0.1) is 13.2 Å². The van der Waals surface area contributed by atoms with Gasteiger partial charge in [0, 0.05) is 17.8 Å². The normalized spacial score (nSPS) is 16.4. The highest BCUT2D eigenvalue weighted by Gasteiger charge is 2.30. The zero-order valence-corrected chi connectivity index (χ0v) is 15.0. The van der Waals surface area contributed by atoms with Gasteiger partial charge in [0.25, 0.3) is 0 Å². The number of benzene rings is 2. The average Bonchev–Trinajstić information content (AvgIpc) is 3.13. The summed E-state index contributed by atoms with van der Waals surface area (Å²) in [4.78, 5) is 26.0. The molecule has 3 rings (SSSR count). The molecule has 1 fully saturated rings. The molecule has 2 aromatic rings. The molecule has 1 atom stereocenters. The van der Waals surface area contributed by atoms with E-state index in [0.29, 0.717) is 17.8 Å². The number of ether oxygens (including phenoxy) is 1. The molecule has 26 heavy (non-hydrogen) atoms. The molecule has 3 N–H and O–H groups in total. The number of anilines is 1. The fraction of sp³-hybridized carbons (Fsp3) is 0.300. The van der Waals surface area contributed by atoms with E-state index in [4.69, 9.17) is 10.5 Å². The Balaban J connectivity index is 1.78. The van der Waals surface area contributed by atoms with Crippen LogP contribution in [0.25, 0.3) is 0 Å². The molecule has 2 aromatic carbocycles. The number of urea groups is 1. The molecule has 1 aliphatic heterocycles. The molecule has 0 aliphatic carbocycles. The SMILES string of the molecule is COc1ccc(C2CCCN2C(=O)Nc2cc(C(N)=O)ccc2C)cc1. The van der Waals surface area contributed by atoms with Crippen molar-refractivity contribution in [2.75, 3.05) is 19.0 Å². The lowest BCUT2D eigenvalue weighted by Gasteiger charge is -2.26. The highest BCUT2D eigenvalue weighted by Crippen LogP contribution is 2.33. The van der Waals surface area contributed by atoms with Crippen molar-refractivity contribution in [3.05, 3.63) is 59.2 Å². The van der Waals surface area contributed by atoms with E-state index in [0.717, 1.165) is 29.7 Å². The number of aryl methyl sites for hydroxylation is 1. The molecule has 6 heteroatoms. The van der Waals surface area contributed by atoms with Crippen molar-refractivity contribution in [1.29, 1.82) is 0 Å². The number of hydrogen-bond donors (Lipinski definition) is 2. The maximum atomic E-state index is 12.8. The summed E-state index contributed by atoms with van der Waals surface area (Å²) in [5.74, 6) is 0.277. The lowest BCUT2D eigenvalue weighted by molar-refractivity contribution is 0.1000. The maximum Gasteiger partial charge on any atom is 0.322 e. The molecule has 3 amide bonds. The summed E-state index contributed by atoms with van der Waals surface area (Å²) in [6.45, 7) is 2.57. The Morgan fingerprint density at radius 1 is 1.19 bits per heavy atom. The smallest absolute Gasteiger partial charge is 0.322 e. The quantitative estimate of drug-likeness (QED) is 0.882. The van der Waals surface area contributed by atoms with Crippen LogP contribution in [0.4, 0.5) is 10.5 Å². The van der Waals surface area contributed by atoms with Crippen LogP contribution in [0.1, 0.15) is 40.4 Å². The van der Waals surface area contributed by atoms with E-state index in [1.807, 2.05) is 36.1 Å². The molecule has 0 saturated carbocycles. The van der Waals surface area contributed by atoms with Gasteiger partial charge in [-0.05, 0) is 55.2 Å². The topological polar surface area (TPSA) is 84.7 Å². The number of rotatable bonds is 4. The van der Waals surface area contributed by atoms with Gasteiger partial charge in [-0.3, -0.25) is 4.79 Å². The Bertz CT molecular complexity index is 818. The van der Waals surface area contributed by atoms with E-state index in [1.54, 1.807) is 25.3 Å². The number of nitrogens with two attached hydrogens (primary N) is 1. The maximum absolute atomic E-state index is 12.8. The van der Waals surface area contributed by atoms with E-state index in [9.17, 15) is 9.59 Å². The Labute approximate surface area is 152 Å². The van der Waals surface area contributed by atoms with Crippen molar-refractivity contribution < 1.29 is 14.3 Å². The molecule has 0 spiro atoms. The first kappa shape index (κ1) is 17.8. The summed E-state index contributed by atoms with van der Waals surface area (Å²) in [7, 11) is 1.63. The zero-order valence-electron chi connectivity index (χ0n) is 15.0. The number of nitrogens with one attached hydrogen (secondary N) is 1. The van der Waals surface area contributed by atoms with Crippen LogP contribution in [0.15, 0.2) is 42.5 Å². The van der Waals surface area contributed by atoms with Gasteiger partial charge in [0.1, 0.15) is 5.75 Å². The first-order valence-corrected chi connectivity index (χ1v) is 8.61. The number of carbonyl (C=O) groups is 2. The van der Waals surface area contributed by atoms with Crippen molar-refractivity contribution >= 4 is 17.6 Å². The third-order valence-corrected chi connectivity index (χ3v) is 4.78. The molecular formula is C20H23N3O3. The number of amides is 3. The molecule has 0 bridgehead atoms. The molecule has 6 nitrogen and oxygen atoms in total. The lowest BCUT2D eigenvalue weighted by atomic mass is 10.0. The molecule has 1 saturated heterocycles. The van der Waals surface area contributed by atoms with Crippen LogP contribution in [0.3, 0.4) is 0 Å². The average molecular weight is 353 g/mol. The highest BCUT2D eigenvalue weighted by molar-refractivity contribution is 5.96. The second-order valence-corrected chi connectivity index (χ2v) is 6.45. The van der Waals surface area contributed by atoms with Crippen LogP contribution < -0.4 is 15.8 Å². The minimum absolute atomic E-state index is 0.0283. The van der Waals surface area contributed by atoms with Crippen molar-refractivity contribution in [1.82, 2.24) is 4.90 Å². The standard InChI is InChI=1S/C20H23N3O3/c1-13-5-6-15(19(21)24)12-17(13)22-20(25)23-11-3-4-18(23)14-7-9-16(26-2)10-8-14/h5-10,12,18H,3-4,11H2,1-2H3,(H2,21,24)(H,22,25). The van der Waals surface area contributed by atoms with Gasteiger partial charge in [-0.25, -0.2) is 4.79 Å². The number of carbonyl (C=O) groups excluding carboxylic acids is 2. The van der Waals surface area contributed by atoms with Crippen molar-refractivity contribution in [3.8, 4) is 5.75 Å². The summed E-state index contributed by atoms with van der Waals surface area (Å²) < 4.78 is 5.20. The third-order valence-electron chi connectivity index (χ3n) is 4.78. The molecule has 1 aliphatic rings. The molecule has 1 unspecified atom stereocenters. The van der Waals surface area contributed by atoms with E-state index >= 15 is 0 Å². The van der Waals surface area contributed by atoms with E-state index in [-0.39, 0.29) is 12.1 Å². The minimum Gasteiger partial charge on any atom is -0.497 e. The Morgan fingerprint density at radius 2 is 1.92 bits per heavy atom. The van der Waals surface area contributed by atoms with Gasteiger partial charge in [0.2, 0.25) is 5.91 Å². The number of primary amides is 1. The van der Waals surface area contributed by atoms with Gasteiger partial charge >= 0.3 is 6.03 Å². The summed E-state index contributed by atoms with van der Waals surface area (Å²) in [5.41, 5.74) is 8.28. The molecule has 0 aromatic heterocycles. The molecule has 136 valence electrons. The fourth-order valence-electron chi connectivity index (χ4n) is 3.28. The summed E-state index contributed by atoms with van der Waals surface area (Å²) in [6.07, 6.45) is 1.87. The third kappa shape index (κ3) is 3.64. The number of methoxy groups -OCH3 is 1. The predicted octanol–water partition coefficient (Wildman–Crippen LogP) is 3.47. The van der Waals surface area contributed by atoms with Crippen molar-refractivity contribution in [2.45, 2.75) is 25.8 Å². The second kappa shape index (κ2) is 7.47. The Kier molecular flexibility index (Phi) is 5.11. The first-order valence-electron chi connectivity index (χ1n) is 8.61. The van der Waals surface area contributed by atoms with Gasteiger partial charge < -0.3 is 20.7 Å². The number of hydrogen-bond acceptors (Lipinski definition) is 3. The highest BCUT2D eigenvalue weighted by atomic mass is 16.5. The number of nitrogens with zero attached hydrogens (tertiary/aromatic N) is 1. The van der Waals surface area contributed by atoms with Gasteiger partial charge in [-0.1, -0.05) is 18.2 Å². The molecule has 1 heterocycles. The predicted molar refractivity (Wildman–Crippen MR) is 100 cm³/mol. The first-order chi connectivity index (χ1) is 12.5. The van der Waals surface area contributed by atoms with E-state index < -0.39 is 5.91 Å². The molecular weight excluding hydrogens is 330 g/mol. The lowest BCUT2D eigenvalue weighted by Crippen LogP contribution is -2.34. The van der Waals surface area contributed by atoms with Crippen LogP contribution in [0, 0.1) is 6.92 Å². The van der Waals surface area contributed by atoms with Crippen LogP contribution in [-0.4, -0.2) is 30.5 Å². The largest absolute Gasteiger partial charge is 0.497 e. The van der Waals surface area contributed by atoms with Crippen LogP contribution in [0.2, 0.25) is 0 Å². The van der Waals surface area contributed by atoms with Crippen LogP contribution in [0.5, 0.6) is 5.75 Å². The van der Waals surface area contributed by atoms with Gasteiger partial charge in [-0.15, -0.1) is 0 Å². The summed E-state index contributed by atoms with van der Waals surface area (Å²) in [5, 5.41) is 2.92. The molecule has 0 radical (unpaired) electrons. The second-order valence-electron chi connectivity index (χ2n) is 6.45.